The van der Waals surface area contributed by atoms with Crippen LogP contribution >= 0.6 is 0 Å². The van der Waals surface area contributed by atoms with Crippen molar-refractivity contribution in [2.24, 2.45) is 5.10 Å². The molecule has 21 heavy (non-hydrogen) atoms. The lowest BCUT2D eigenvalue weighted by Gasteiger charge is -2.03. The average molecular weight is 283 g/mol. The van der Waals surface area contributed by atoms with Crippen molar-refractivity contribution in [3.63, 3.8) is 0 Å². The molecule has 2 rings (SSSR count). The predicted octanol–water partition coefficient (Wildman–Crippen LogP) is 1.73. The standard InChI is InChI=1S/C15H13N3O3/c16-13-8-4-3-7-12(13)14(19)18-17-9-10-5-1-2-6-11(10)15(20)21/h1-9H,16H2,(H,18,19)(H,20,21)/b17-9-. The van der Waals surface area contributed by atoms with Gasteiger partial charge in [-0.3, -0.25) is 4.79 Å². The van der Waals surface area contributed by atoms with Gasteiger partial charge in [0.2, 0.25) is 0 Å². The molecule has 2 aromatic rings. The van der Waals surface area contributed by atoms with Crippen LogP contribution in [0.5, 0.6) is 0 Å². The monoisotopic (exact) mass is 283 g/mol. The number of carbonyl (C=O) groups excluding carboxylic acids is 1. The van der Waals surface area contributed by atoms with E-state index in [-0.39, 0.29) is 5.56 Å². The van der Waals surface area contributed by atoms with Gasteiger partial charge in [0, 0.05) is 11.3 Å². The molecule has 0 atom stereocenters. The average Bonchev–Trinajstić information content (AvgIpc) is 2.48. The summed E-state index contributed by atoms with van der Waals surface area (Å²) in [6, 6.07) is 12.9. The largest absolute Gasteiger partial charge is 0.478 e. The number of hydrazone groups is 1. The van der Waals surface area contributed by atoms with E-state index in [1.165, 1.54) is 12.3 Å². The first-order valence-corrected chi connectivity index (χ1v) is 6.10. The van der Waals surface area contributed by atoms with Gasteiger partial charge in [-0.1, -0.05) is 30.3 Å². The Morgan fingerprint density at radius 1 is 1.05 bits per heavy atom. The first-order chi connectivity index (χ1) is 10.1. The number of nitrogens with one attached hydrogen (secondary N) is 1. The Balaban J connectivity index is 2.12. The van der Waals surface area contributed by atoms with Gasteiger partial charge >= 0.3 is 5.97 Å². The van der Waals surface area contributed by atoms with E-state index in [0.29, 0.717) is 16.8 Å². The minimum absolute atomic E-state index is 0.106. The molecule has 0 bridgehead atoms. The highest BCUT2D eigenvalue weighted by molar-refractivity contribution is 6.01. The van der Waals surface area contributed by atoms with E-state index < -0.39 is 11.9 Å². The zero-order chi connectivity index (χ0) is 15.2. The second kappa shape index (κ2) is 6.33. The Hall–Kier alpha value is -3.15. The molecule has 106 valence electrons. The number of para-hydroxylation sites is 1. The number of amides is 1. The lowest BCUT2D eigenvalue weighted by atomic mass is 10.1. The molecule has 0 unspecified atom stereocenters. The molecule has 0 aliphatic heterocycles. The summed E-state index contributed by atoms with van der Waals surface area (Å²) in [6.07, 6.45) is 1.28. The lowest BCUT2D eigenvalue weighted by molar-refractivity contribution is 0.0696. The summed E-state index contributed by atoms with van der Waals surface area (Å²) in [6.45, 7) is 0. The van der Waals surface area contributed by atoms with E-state index in [1.807, 2.05) is 0 Å². The van der Waals surface area contributed by atoms with Crippen molar-refractivity contribution >= 4 is 23.8 Å². The smallest absolute Gasteiger partial charge is 0.336 e. The number of aromatic carboxylic acids is 1. The molecule has 0 heterocycles. The van der Waals surface area contributed by atoms with Gasteiger partial charge in [-0.25, -0.2) is 10.2 Å². The van der Waals surface area contributed by atoms with Gasteiger partial charge in [0.15, 0.2) is 0 Å². The van der Waals surface area contributed by atoms with Gasteiger partial charge < -0.3 is 10.8 Å². The third-order valence-electron chi connectivity index (χ3n) is 2.77. The van der Waals surface area contributed by atoms with Gasteiger partial charge in [0.1, 0.15) is 0 Å². The quantitative estimate of drug-likeness (QED) is 0.451. The van der Waals surface area contributed by atoms with Crippen LogP contribution < -0.4 is 11.2 Å². The molecule has 0 spiro atoms. The maximum Gasteiger partial charge on any atom is 0.336 e. The number of anilines is 1. The molecular weight excluding hydrogens is 270 g/mol. The molecule has 1 amide bonds. The van der Waals surface area contributed by atoms with Crippen molar-refractivity contribution in [2.75, 3.05) is 5.73 Å². The van der Waals surface area contributed by atoms with E-state index in [0.717, 1.165) is 0 Å². The highest BCUT2D eigenvalue weighted by atomic mass is 16.4. The fourth-order valence-electron chi connectivity index (χ4n) is 1.73. The van der Waals surface area contributed by atoms with Gasteiger partial charge in [-0.2, -0.15) is 5.10 Å². The maximum atomic E-state index is 11.9. The minimum atomic E-state index is -1.06. The summed E-state index contributed by atoms with van der Waals surface area (Å²) in [4.78, 5) is 22.9. The van der Waals surface area contributed by atoms with E-state index in [2.05, 4.69) is 10.5 Å². The fourth-order valence-corrected chi connectivity index (χ4v) is 1.73. The Bertz CT molecular complexity index is 711. The van der Waals surface area contributed by atoms with Crippen molar-refractivity contribution in [3.05, 3.63) is 65.2 Å². The molecule has 4 N–H and O–H groups in total. The van der Waals surface area contributed by atoms with Crippen LogP contribution in [0.15, 0.2) is 53.6 Å². The van der Waals surface area contributed by atoms with Crippen LogP contribution in [-0.4, -0.2) is 23.2 Å². The van der Waals surface area contributed by atoms with E-state index >= 15 is 0 Å². The molecule has 0 radical (unpaired) electrons. The third-order valence-corrected chi connectivity index (χ3v) is 2.77. The van der Waals surface area contributed by atoms with Crippen molar-refractivity contribution in [3.8, 4) is 0 Å². The molecule has 0 fully saturated rings. The summed E-state index contributed by atoms with van der Waals surface area (Å²) < 4.78 is 0. The van der Waals surface area contributed by atoms with Crippen molar-refractivity contribution in [1.82, 2.24) is 5.43 Å². The minimum Gasteiger partial charge on any atom is -0.478 e. The maximum absolute atomic E-state index is 11.9. The van der Waals surface area contributed by atoms with E-state index in [4.69, 9.17) is 10.8 Å². The van der Waals surface area contributed by atoms with Gasteiger partial charge in [0.25, 0.3) is 5.91 Å². The number of benzene rings is 2. The van der Waals surface area contributed by atoms with Crippen LogP contribution in [0.1, 0.15) is 26.3 Å². The number of carboxylic acids is 1. The molecule has 0 aromatic heterocycles. The summed E-state index contributed by atoms with van der Waals surface area (Å²) in [5.41, 5.74) is 9.14. The number of rotatable bonds is 4. The van der Waals surface area contributed by atoms with Crippen molar-refractivity contribution < 1.29 is 14.7 Å². The Kier molecular flexibility index (Phi) is 4.30. The zero-order valence-electron chi connectivity index (χ0n) is 11.0. The number of nitrogen functional groups attached to an aromatic ring is 1. The molecule has 0 saturated carbocycles. The highest BCUT2D eigenvalue weighted by Crippen LogP contribution is 2.10. The molecule has 2 aromatic carbocycles. The van der Waals surface area contributed by atoms with Gasteiger partial charge in [-0.05, 0) is 18.2 Å². The Labute approximate surface area is 120 Å². The first-order valence-electron chi connectivity index (χ1n) is 6.10. The van der Waals surface area contributed by atoms with Crippen LogP contribution in [0.4, 0.5) is 5.69 Å². The molecular formula is C15H13N3O3. The third kappa shape index (κ3) is 3.44. The summed E-state index contributed by atoms with van der Waals surface area (Å²) in [5.74, 6) is -1.52. The van der Waals surface area contributed by atoms with Crippen LogP contribution in [0, 0.1) is 0 Å². The Morgan fingerprint density at radius 2 is 1.67 bits per heavy atom. The first kappa shape index (κ1) is 14.3. The fraction of sp³-hybridized carbons (Fsp3) is 0. The van der Waals surface area contributed by atoms with Crippen molar-refractivity contribution in [2.45, 2.75) is 0 Å². The zero-order valence-corrected chi connectivity index (χ0v) is 11.0. The molecule has 6 heteroatoms. The second-order valence-electron chi connectivity index (χ2n) is 4.18. The van der Waals surface area contributed by atoms with Crippen LogP contribution in [0.25, 0.3) is 0 Å². The van der Waals surface area contributed by atoms with E-state index in [1.54, 1.807) is 42.5 Å². The molecule has 0 aliphatic rings. The van der Waals surface area contributed by atoms with Crippen LogP contribution in [0.2, 0.25) is 0 Å². The van der Waals surface area contributed by atoms with Crippen molar-refractivity contribution in [1.29, 1.82) is 0 Å². The number of nitrogens with two attached hydrogens (primary N) is 1. The molecule has 6 nitrogen and oxygen atoms in total. The highest BCUT2D eigenvalue weighted by Gasteiger charge is 2.08. The van der Waals surface area contributed by atoms with Gasteiger partial charge in [-0.15, -0.1) is 0 Å². The number of carbonyl (C=O) groups is 2. The second-order valence-corrected chi connectivity index (χ2v) is 4.18. The predicted molar refractivity (Wildman–Crippen MR) is 79.3 cm³/mol. The normalized spacial score (nSPS) is 10.5. The summed E-state index contributed by atoms with van der Waals surface area (Å²) in [7, 11) is 0. The summed E-state index contributed by atoms with van der Waals surface area (Å²) in [5, 5.41) is 12.8. The SMILES string of the molecule is Nc1ccccc1C(=O)N/N=C\c1ccccc1C(=O)O. The molecule has 0 aliphatic carbocycles. The topological polar surface area (TPSA) is 105 Å². The Morgan fingerprint density at radius 3 is 2.33 bits per heavy atom. The lowest BCUT2D eigenvalue weighted by Crippen LogP contribution is -2.19. The number of hydrogen-bond acceptors (Lipinski definition) is 4. The van der Waals surface area contributed by atoms with E-state index in [9.17, 15) is 9.59 Å². The summed E-state index contributed by atoms with van der Waals surface area (Å²) >= 11 is 0. The number of hydrogen-bond donors (Lipinski definition) is 3. The number of carboxylic acid groups (broad SMARTS) is 1. The number of nitrogens with zero attached hydrogens (tertiary/aromatic N) is 1. The van der Waals surface area contributed by atoms with Crippen LogP contribution in [-0.2, 0) is 0 Å². The van der Waals surface area contributed by atoms with Crippen LogP contribution in [0.3, 0.4) is 0 Å². The molecule has 0 saturated heterocycles. The van der Waals surface area contributed by atoms with Gasteiger partial charge in [0.05, 0.1) is 17.3 Å².